The number of carbonyl (C=O) groups is 2. The van der Waals surface area contributed by atoms with Gasteiger partial charge < -0.3 is 14.4 Å². The fraction of sp³-hybridized carbons (Fsp3) is 0.179. The summed E-state index contributed by atoms with van der Waals surface area (Å²) in [7, 11) is 3.13. The molecule has 0 aliphatic heterocycles. The number of ether oxygens (including phenoxy) is 2. The van der Waals surface area contributed by atoms with Crippen LogP contribution in [0, 0.1) is 0 Å². The lowest BCUT2D eigenvalue weighted by Gasteiger charge is -2.20. The summed E-state index contributed by atoms with van der Waals surface area (Å²) in [6, 6.07) is 21.6. The fourth-order valence-corrected chi connectivity index (χ4v) is 3.95. The molecule has 0 atom stereocenters. The van der Waals surface area contributed by atoms with Gasteiger partial charge in [0.1, 0.15) is 6.54 Å². The zero-order valence-corrected chi connectivity index (χ0v) is 21.5. The number of benzene rings is 3. The molecule has 0 aliphatic carbocycles. The van der Waals surface area contributed by atoms with Gasteiger partial charge in [-0.15, -0.1) is 0 Å². The molecule has 37 heavy (non-hydrogen) atoms. The Morgan fingerprint density at radius 3 is 2.32 bits per heavy atom. The minimum atomic E-state index is -0.379. The van der Waals surface area contributed by atoms with E-state index in [0.717, 1.165) is 5.56 Å². The molecule has 0 unspecified atom stereocenters. The van der Waals surface area contributed by atoms with Crippen molar-refractivity contribution >= 4 is 29.4 Å². The molecule has 0 aliphatic rings. The van der Waals surface area contributed by atoms with E-state index >= 15 is 0 Å². The zero-order valence-electron chi connectivity index (χ0n) is 20.8. The van der Waals surface area contributed by atoms with Gasteiger partial charge in [0.15, 0.2) is 11.5 Å². The van der Waals surface area contributed by atoms with E-state index in [9.17, 15) is 9.59 Å². The second-order valence-electron chi connectivity index (χ2n) is 8.10. The van der Waals surface area contributed by atoms with Crippen LogP contribution in [-0.2, 0) is 4.79 Å². The molecule has 190 valence electrons. The molecule has 2 amide bonds. The number of aromatic nitrogens is 2. The molecule has 1 N–H and O–H groups in total. The molecule has 0 radical (unpaired) electrons. The van der Waals surface area contributed by atoms with Crippen LogP contribution >= 0.6 is 11.6 Å². The summed E-state index contributed by atoms with van der Waals surface area (Å²) in [6.07, 6.45) is 1.84. The van der Waals surface area contributed by atoms with E-state index in [1.807, 2.05) is 49.5 Å². The van der Waals surface area contributed by atoms with Crippen molar-refractivity contribution in [2.75, 3.05) is 32.6 Å². The second-order valence-corrected chi connectivity index (χ2v) is 8.54. The maximum Gasteiger partial charge on any atom is 0.254 e. The van der Waals surface area contributed by atoms with Crippen LogP contribution in [0.1, 0.15) is 17.3 Å². The van der Waals surface area contributed by atoms with E-state index in [1.54, 1.807) is 55.2 Å². The lowest BCUT2D eigenvalue weighted by molar-refractivity contribution is -0.116. The first-order valence-corrected chi connectivity index (χ1v) is 12.0. The number of hydrogen-bond acceptors (Lipinski definition) is 5. The lowest BCUT2D eigenvalue weighted by atomic mass is 10.2. The van der Waals surface area contributed by atoms with Crippen LogP contribution < -0.4 is 14.8 Å². The quantitative estimate of drug-likeness (QED) is 0.324. The lowest BCUT2D eigenvalue weighted by Crippen LogP contribution is -2.38. The number of halogens is 1. The smallest absolute Gasteiger partial charge is 0.254 e. The highest BCUT2D eigenvalue weighted by Gasteiger charge is 2.20. The molecule has 8 nitrogen and oxygen atoms in total. The number of amides is 2. The van der Waals surface area contributed by atoms with E-state index in [1.165, 1.54) is 4.90 Å². The minimum absolute atomic E-state index is 0.141. The van der Waals surface area contributed by atoms with Gasteiger partial charge in [0.2, 0.25) is 11.9 Å². The van der Waals surface area contributed by atoms with Crippen molar-refractivity contribution in [3.05, 3.63) is 89.6 Å². The summed E-state index contributed by atoms with van der Waals surface area (Å²) < 4.78 is 12.6. The molecule has 0 saturated carbocycles. The number of hydrogen-bond donors (Lipinski definition) is 1. The third kappa shape index (κ3) is 5.92. The Balaban J connectivity index is 1.63. The summed E-state index contributed by atoms with van der Waals surface area (Å²) in [5.41, 5.74) is 2.74. The molecule has 4 aromatic rings. The second kappa shape index (κ2) is 11.6. The molecule has 9 heteroatoms. The van der Waals surface area contributed by atoms with Crippen molar-refractivity contribution in [1.29, 1.82) is 0 Å². The van der Waals surface area contributed by atoms with Gasteiger partial charge in [0, 0.05) is 35.0 Å². The number of imidazole rings is 1. The predicted octanol–water partition coefficient (Wildman–Crippen LogP) is 5.31. The number of nitrogens with zero attached hydrogens (tertiary/aromatic N) is 3. The summed E-state index contributed by atoms with van der Waals surface area (Å²) in [6.45, 7) is 2.03. The first-order chi connectivity index (χ1) is 17.9. The maximum absolute atomic E-state index is 13.1. The predicted molar refractivity (Wildman–Crippen MR) is 144 cm³/mol. The van der Waals surface area contributed by atoms with Gasteiger partial charge in [-0.3, -0.25) is 19.5 Å². The van der Waals surface area contributed by atoms with Crippen LogP contribution in [0.15, 0.2) is 79.0 Å². The van der Waals surface area contributed by atoms with E-state index in [4.69, 9.17) is 21.1 Å². The molecule has 0 fully saturated rings. The highest BCUT2D eigenvalue weighted by molar-refractivity contribution is 6.30. The van der Waals surface area contributed by atoms with Gasteiger partial charge in [-0.25, -0.2) is 4.98 Å². The normalized spacial score (nSPS) is 10.6. The van der Waals surface area contributed by atoms with Gasteiger partial charge in [0.05, 0.1) is 25.6 Å². The van der Waals surface area contributed by atoms with Crippen molar-refractivity contribution in [3.63, 3.8) is 0 Å². The fourth-order valence-electron chi connectivity index (χ4n) is 3.83. The van der Waals surface area contributed by atoms with Gasteiger partial charge in [-0.1, -0.05) is 41.9 Å². The van der Waals surface area contributed by atoms with Gasteiger partial charge >= 0.3 is 0 Å². The molecule has 0 spiro atoms. The maximum atomic E-state index is 13.1. The Labute approximate surface area is 220 Å². The number of rotatable bonds is 9. The van der Waals surface area contributed by atoms with Crippen LogP contribution in [0.3, 0.4) is 0 Å². The Morgan fingerprint density at radius 1 is 0.973 bits per heavy atom. The molecular formula is C28H27ClN4O4. The number of carbonyl (C=O) groups excluding carboxylic acids is 2. The Morgan fingerprint density at radius 2 is 1.68 bits per heavy atom. The molecular weight excluding hydrogens is 492 g/mol. The van der Waals surface area contributed by atoms with E-state index in [0.29, 0.717) is 46.0 Å². The molecule has 0 bridgehead atoms. The third-order valence-corrected chi connectivity index (χ3v) is 6.02. The average molecular weight is 519 g/mol. The van der Waals surface area contributed by atoms with E-state index in [-0.39, 0.29) is 18.4 Å². The van der Waals surface area contributed by atoms with Crippen LogP contribution in [0.25, 0.3) is 16.9 Å². The van der Waals surface area contributed by atoms with Crippen LogP contribution in [-0.4, -0.2) is 53.6 Å². The van der Waals surface area contributed by atoms with E-state index < -0.39 is 0 Å². The van der Waals surface area contributed by atoms with Crippen molar-refractivity contribution in [1.82, 2.24) is 14.5 Å². The molecule has 3 aromatic carbocycles. The van der Waals surface area contributed by atoms with Gasteiger partial charge in [0.25, 0.3) is 5.91 Å². The Bertz CT molecular complexity index is 1390. The van der Waals surface area contributed by atoms with Crippen LogP contribution in [0.2, 0.25) is 5.02 Å². The van der Waals surface area contributed by atoms with Crippen molar-refractivity contribution in [2.45, 2.75) is 6.92 Å². The third-order valence-electron chi connectivity index (χ3n) is 5.77. The Kier molecular flexibility index (Phi) is 8.10. The summed E-state index contributed by atoms with van der Waals surface area (Å²) in [5.74, 6) is 0.794. The van der Waals surface area contributed by atoms with Gasteiger partial charge in [-0.05, 0) is 43.3 Å². The molecule has 1 aromatic heterocycles. The average Bonchev–Trinajstić information content (AvgIpc) is 3.35. The number of likely N-dealkylation sites (N-methyl/N-ethyl adjacent to an activating group) is 1. The summed E-state index contributed by atoms with van der Waals surface area (Å²) in [4.78, 5) is 32.2. The topological polar surface area (TPSA) is 85.7 Å². The van der Waals surface area contributed by atoms with Crippen LogP contribution in [0.4, 0.5) is 5.95 Å². The molecule has 0 saturated heterocycles. The first-order valence-electron chi connectivity index (χ1n) is 11.7. The van der Waals surface area contributed by atoms with E-state index in [2.05, 4.69) is 10.3 Å². The number of methoxy groups -OCH3 is 2. The highest BCUT2D eigenvalue weighted by Crippen LogP contribution is 2.31. The summed E-state index contributed by atoms with van der Waals surface area (Å²) >= 11 is 5.94. The first kappa shape index (κ1) is 25.8. The van der Waals surface area contributed by atoms with Crippen molar-refractivity contribution in [2.24, 2.45) is 0 Å². The Hall–Kier alpha value is -4.30. The standard InChI is InChI=1S/C28H27ClN4O4/c1-4-32(27(35)20-10-12-21(29)13-11-20)18-26(34)31-28-30-23(19-8-6-5-7-9-19)17-33(28)22-14-15-24(36-2)25(16-22)37-3/h5-17H,4,18H2,1-3H3,(H,30,31,34). The minimum Gasteiger partial charge on any atom is -0.493 e. The number of nitrogens with one attached hydrogen (secondary N) is 1. The molecule has 4 rings (SSSR count). The van der Waals surface area contributed by atoms with Crippen molar-refractivity contribution < 1.29 is 19.1 Å². The van der Waals surface area contributed by atoms with Crippen molar-refractivity contribution in [3.8, 4) is 28.4 Å². The van der Waals surface area contributed by atoms with Crippen LogP contribution in [0.5, 0.6) is 11.5 Å². The molecule has 1 heterocycles. The SMILES string of the molecule is CCN(CC(=O)Nc1nc(-c2ccccc2)cn1-c1ccc(OC)c(OC)c1)C(=O)c1ccc(Cl)cc1. The zero-order chi connectivity index (χ0) is 26.4. The monoisotopic (exact) mass is 518 g/mol. The largest absolute Gasteiger partial charge is 0.493 e. The highest BCUT2D eigenvalue weighted by atomic mass is 35.5. The number of anilines is 1. The summed E-state index contributed by atoms with van der Waals surface area (Å²) in [5, 5.41) is 3.41. The van der Waals surface area contributed by atoms with Gasteiger partial charge in [-0.2, -0.15) is 0 Å².